The van der Waals surface area contributed by atoms with Gasteiger partial charge in [-0.2, -0.15) is 0 Å². The van der Waals surface area contributed by atoms with Crippen molar-refractivity contribution >= 4 is 34.3 Å². The Hall–Kier alpha value is -3.07. The van der Waals surface area contributed by atoms with E-state index in [9.17, 15) is 18.4 Å². The molecule has 3 rings (SSSR count). The van der Waals surface area contributed by atoms with Crippen LogP contribution in [-0.2, 0) is 4.74 Å². The molecule has 2 aromatic heterocycles. The van der Waals surface area contributed by atoms with Crippen LogP contribution in [0.3, 0.4) is 0 Å². The van der Waals surface area contributed by atoms with Crippen molar-refractivity contribution < 1.29 is 22.7 Å². The van der Waals surface area contributed by atoms with Crippen molar-refractivity contribution in [2.75, 3.05) is 11.9 Å². The van der Waals surface area contributed by atoms with Crippen molar-refractivity contribution in [3.8, 4) is 5.82 Å². The number of anilines is 1. The number of nitrogens with one attached hydrogen (secondary N) is 1. The monoisotopic (exact) mass is 509 g/mol. The van der Waals surface area contributed by atoms with Gasteiger partial charge in [0.05, 0.1) is 17.5 Å². The Bertz CT molecular complexity index is 1360. The molecule has 0 saturated carbocycles. The summed E-state index contributed by atoms with van der Waals surface area (Å²) in [6.45, 7) is 11.7. The number of fused-ring (bicyclic) bond motifs is 1. The van der Waals surface area contributed by atoms with E-state index in [1.54, 1.807) is 6.92 Å². The van der Waals surface area contributed by atoms with Gasteiger partial charge in [0.15, 0.2) is 23.3 Å². The molecule has 6 nitrogen and oxygen atoms in total. The van der Waals surface area contributed by atoms with Crippen LogP contribution >= 0.6 is 11.6 Å². The fourth-order valence-electron chi connectivity index (χ4n) is 4.30. The Balaban J connectivity index is 2.30. The molecule has 10 heteroatoms. The van der Waals surface area contributed by atoms with Crippen LogP contribution in [0, 0.1) is 22.9 Å². The lowest BCUT2D eigenvalue weighted by Crippen LogP contribution is -2.35. The Kier molecular flexibility index (Phi) is 7.22. The lowest BCUT2D eigenvalue weighted by molar-refractivity contribution is 0.0524. The molecular weight excluding hydrogens is 483 g/mol. The number of nitrogens with zero attached hydrogens (tertiary/aromatic N) is 2. The van der Waals surface area contributed by atoms with Crippen molar-refractivity contribution in [3.05, 3.63) is 62.7 Å². The average Bonchev–Trinajstić information content (AvgIpc) is 2.72. The molecular formula is C25H27ClF3N3O3. The molecule has 1 N–H and O–H groups in total. The van der Waals surface area contributed by atoms with Gasteiger partial charge in [0.2, 0.25) is 5.43 Å². The van der Waals surface area contributed by atoms with E-state index in [1.165, 1.54) is 6.07 Å². The molecule has 0 radical (unpaired) electrons. The first-order valence-electron chi connectivity index (χ1n) is 11.0. The second-order valence-corrected chi connectivity index (χ2v) is 10.5. The van der Waals surface area contributed by atoms with Crippen LogP contribution in [0.2, 0.25) is 5.02 Å². The van der Waals surface area contributed by atoms with E-state index in [0.717, 1.165) is 23.3 Å². The van der Waals surface area contributed by atoms with Gasteiger partial charge >= 0.3 is 5.97 Å². The van der Waals surface area contributed by atoms with Crippen LogP contribution in [0.1, 0.15) is 58.3 Å². The molecule has 1 aromatic carbocycles. The summed E-state index contributed by atoms with van der Waals surface area (Å²) in [5, 5.41) is 2.08. The number of ether oxygens (including phenoxy) is 1. The highest BCUT2D eigenvalue weighted by Gasteiger charge is 2.27. The number of carbonyl (C=O) groups is 1. The Morgan fingerprint density at radius 3 is 2.40 bits per heavy atom. The van der Waals surface area contributed by atoms with Crippen LogP contribution in [0.5, 0.6) is 0 Å². The lowest BCUT2D eigenvalue weighted by Gasteiger charge is -2.34. The number of benzene rings is 1. The second-order valence-electron chi connectivity index (χ2n) is 10.1. The number of hydrogen-bond acceptors (Lipinski definition) is 5. The van der Waals surface area contributed by atoms with Gasteiger partial charge in [-0.1, -0.05) is 32.4 Å². The normalized spacial score (nSPS) is 12.2. The van der Waals surface area contributed by atoms with E-state index in [4.69, 9.17) is 16.3 Å². The zero-order valence-electron chi connectivity index (χ0n) is 20.4. The van der Waals surface area contributed by atoms with E-state index in [0.29, 0.717) is 11.9 Å². The molecule has 0 aliphatic heterocycles. The third-order valence-electron chi connectivity index (χ3n) is 5.11. The van der Waals surface area contributed by atoms with Gasteiger partial charge in [0, 0.05) is 11.7 Å². The molecule has 2 heterocycles. The molecule has 0 bridgehead atoms. The summed E-state index contributed by atoms with van der Waals surface area (Å²) in [5.41, 5.74) is -2.22. The van der Waals surface area contributed by atoms with Crippen molar-refractivity contribution in [2.24, 2.45) is 5.41 Å². The average molecular weight is 510 g/mol. The Labute approximate surface area is 206 Å². The number of rotatable bonds is 6. The van der Waals surface area contributed by atoms with E-state index < -0.39 is 50.4 Å². The highest BCUT2D eigenvalue weighted by atomic mass is 35.5. The molecule has 0 unspecified atom stereocenters. The molecule has 3 aromatic rings. The summed E-state index contributed by atoms with van der Waals surface area (Å²) >= 11 is 6.07. The Morgan fingerprint density at radius 1 is 1.14 bits per heavy atom. The van der Waals surface area contributed by atoms with Crippen LogP contribution in [0.25, 0.3) is 16.7 Å². The zero-order chi connectivity index (χ0) is 26.3. The van der Waals surface area contributed by atoms with Crippen LogP contribution in [0.4, 0.5) is 19.0 Å². The third kappa shape index (κ3) is 5.61. The summed E-state index contributed by atoms with van der Waals surface area (Å²) in [7, 11) is 0. The number of aromatic nitrogens is 2. The number of hydrogen-bond donors (Lipinski definition) is 1. The molecule has 0 atom stereocenters. The molecule has 0 fully saturated rings. The summed E-state index contributed by atoms with van der Waals surface area (Å²) in [6, 6.07) is 3.19. The predicted octanol–water partition coefficient (Wildman–Crippen LogP) is 6.26. The number of carbonyl (C=O) groups excluding carboxylic acids is 1. The smallest absolute Gasteiger partial charge is 0.343 e. The Morgan fingerprint density at radius 2 is 1.80 bits per heavy atom. The molecule has 0 amide bonds. The van der Waals surface area contributed by atoms with E-state index in [1.807, 2.05) is 13.8 Å². The molecule has 0 aliphatic rings. The van der Waals surface area contributed by atoms with Gasteiger partial charge in [-0.15, -0.1) is 0 Å². The SMILES string of the molecule is CCOC(=O)c1cn(-c2nc(NC(C)(C)CC(C)(C)C)ccc2F)c2c(Cl)c(F)c(F)cc2c1=O. The third-order valence-corrected chi connectivity index (χ3v) is 5.46. The maximum Gasteiger partial charge on any atom is 0.343 e. The quantitative estimate of drug-likeness (QED) is 0.313. The highest BCUT2D eigenvalue weighted by Crippen LogP contribution is 2.32. The van der Waals surface area contributed by atoms with Crippen LogP contribution in [-0.4, -0.2) is 27.7 Å². The van der Waals surface area contributed by atoms with Crippen molar-refractivity contribution in [1.29, 1.82) is 0 Å². The van der Waals surface area contributed by atoms with Crippen molar-refractivity contribution in [3.63, 3.8) is 0 Å². The topological polar surface area (TPSA) is 73.2 Å². The standard InChI is InChI=1S/C25H27ClF3N3O3/c1-7-35-23(34)14-11-32(20-13(21(14)33)10-16(28)19(29)18(20)26)22-15(27)8-9-17(30-22)31-25(5,6)12-24(2,3)4/h8-11H,7,12H2,1-6H3,(H,30,31). The van der Waals surface area contributed by atoms with Crippen molar-refractivity contribution in [2.45, 2.75) is 53.5 Å². The molecule has 188 valence electrons. The summed E-state index contributed by atoms with van der Waals surface area (Å²) < 4.78 is 49.5. The first kappa shape index (κ1) is 26.5. The predicted molar refractivity (Wildman–Crippen MR) is 130 cm³/mol. The van der Waals surface area contributed by atoms with Gasteiger partial charge in [-0.25, -0.2) is 22.9 Å². The van der Waals surface area contributed by atoms with Gasteiger partial charge in [0.25, 0.3) is 0 Å². The first-order chi connectivity index (χ1) is 16.1. The molecule has 0 spiro atoms. The van der Waals surface area contributed by atoms with E-state index in [2.05, 4.69) is 31.1 Å². The summed E-state index contributed by atoms with van der Waals surface area (Å²) in [4.78, 5) is 29.7. The van der Waals surface area contributed by atoms with Gasteiger partial charge in [-0.3, -0.25) is 9.36 Å². The van der Waals surface area contributed by atoms with E-state index in [-0.39, 0.29) is 23.4 Å². The fraction of sp³-hybridized carbons (Fsp3) is 0.400. The molecule has 35 heavy (non-hydrogen) atoms. The number of pyridine rings is 2. The molecule has 0 saturated heterocycles. The number of esters is 1. The summed E-state index contributed by atoms with van der Waals surface area (Å²) in [6.07, 6.45) is 1.72. The minimum absolute atomic E-state index is 0.0159. The van der Waals surface area contributed by atoms with Gasteiger partial charge < -0.3 is 10.1 Å². The minimum Gasteiger partial charge on any atom is -0.462 e. The second kappa shape index (κ2) is 9.53. The fourth-order valence-corrected chi connectivity index (χ4v) is 4.58. The highest BCUT2D eigenvalue weighted by molar-refractivity contribution is 6.35. The van der Waals surface area contributed by atoms with Gasteiger partial charge in [-0.05, 0) is 50.8 Å². The van der Waals surface area contributed by atoms with E-state index >= 15 is 4.39 Å². The summed E-state index contributed by atoms with van der Waals surface area (Å²) in [5.74, 6) is -4.74. The van der Waals surface area contributed by atoms with Crippen molar-refractivity contribution in [1.82, 2.24) is 9.55 Å². The van der Waals surface area contributed by atoms with Gasteiger partial charge in [0.1, 0.15) is 16.4 Å². The first-order valence-corrected chi connectivity index (χ1v) is 11.4. The number of halogens is 4. The molecule has 0 aliphatic carbocycles. The lowest BCUT2D eigenvalue weighted by atomic mass is 9.82. The minimum atomic E-state index is -1.42. The maximum absolute atomic E-state index is 15.1. The zero-order valence-corrected chi connectivity index (χ0v) is 21.1. The van der Waals surface area contributed by atoms with Crippen LogP contribution in [0.15, 0.2) is 29.2 Å². The maximum atomic E-state index is 15.1. The van der Waals surface area contributed by atoms with Crippen LogP contribution < -0.4 is 10.7 Å². The largest absolute Gasteiger partial charge is 0.462 e.